The summed E-state index contributed by atoms with van der Waals surface area (Å²) < 4.78 is 1.98. The van der Waals surface area contributed by atoms with Gasteiger partial charge in [0.2, 0.25) is 5.91 Å². The Kier molecular flexibility index (Phi) is 5.66. The average Bonchev–Trinajstić information content (AvgIpc) is 3.12. The Hall–Kier alpha value is -3.73. The summed E-state index contributed by atoms with van der Waals surface area (Å²) in [5.74, 6) is 0.612. The largest absolute Gasteiger partial charge is 0.326 e. The van der Waals surface area contributed by atoms with Gasteiger partial charge >= 0.3 is 0 Å². The van der Waals surface area contributed by atoms with E-state index in [1.807, 2.05) is 28.8 Å². The Morgan fingerprint density at radius 3 is 2.19 bits per heavy atom. The number of aromatic nitrogens is 2. The first-order chi connectivity index (χ1) is 15.2. The lowest BCUT2D eigenvalue weighted by Crippen LogP contribution is -2.13. The minimum absolute atomic E-state index is 0.0184. The second-order valence-corrected chi connectivity index (χ2v) is 9.02. The first kappa shape index (κ1) is 21.5. The maximum absolute atomic E-state index is 13.1. The van der Waals surface area contributed by atoms with Crippen molar-refractivity contribution < 1.29 is 9.59 Å². The zero-order chi connectivity index (χ0) is 22.9. The van der Waals surface area contributed by atoms with E-state index in [1.165, 1.54) is 12.5 Å². The molecular weight excluding hydrogens is 398 g/mol. The fraction of sp³-hybridized carbons (Fsp3) is 0.222. The molecule has 0 saturated heterocycles. The second kappa shape index (κ2) is 8.42. The Balaban J connectivity index is 1.69. The molecule has 1 heterocycles. The molecule has 0 spiro atoms. The summed E-state index contributed by atoms with van der Waals surface area (Å²) in [6, 6.07) is 23.2. The molecule has 1 N–H and O–H groups in total. The molecule has 0 atom stereocenters. The molecule has 162 valence electrons. The number of benzene rings is 3. The van der Waals surface area contributed by atoms with E-state index >= 15 is 0 Å². The van der Waals surface area contributed by atoms with Gasteiger partial charge in [0.25, 0.3) is 0 Å². The number of amides is 1. The van der Waals surface area contributed by atoms with Crippen LogP contribution in [-0.4, -0.2) is 21.2 Å². The highest BCUT2D eigenvalue weighted by Crippen LogP contribution is 2.28. The third kappa shape index (κ3) is 4.47. The number of nitrogens with zero attached hydrogens (tertiary/aromatic N) is 2. The number of hydrogen-bond acceptors (Lipinski definition) is 3. The van der Waals surface area contributed by atoms with Gasteiger partial charge in [-0.1, -0.05) is 57.2 Å². The normalized spacial score (nSPS) is 11.5. The third-order valence-corrected chi connectivity index (χ3v) is 5.49. The molecule has 5 heteroatoms. The monoisotopic (exact) mass is 425 g/mol. The summed E-state index contributed by atoms with van der Waals surface area (Å²) in [6.07, 6.45) is 0. The van der Waals surface area contributed by atoms with Crippen LogP contribution in [0.4, 0.5) is 5.69 Å². The summed E-state index contributed by atoms with van der Waals surface area (Å²) >= 11 is 0. The molecule has 0 unspecified atom stereocenters. The zero-order valence-electron chi connectivity index (χ0n) is 18.8. The second-order valence-electron chi connectivity index (χ2n) is 9.02. The summed E-state index contributed by atoms with van der Waals surface area (Å²) in [5.41, 5.74) is 5.33. The lowest BCUT2D eigenvalue weighted by molar-refractivity contribution is -0.114. The number of rotatable bonds is 5. The molecule has 0 aliphatic heterocycles. The standard InChI is InChI=1S/C27H27N3O2/c1-18(31)28-22-15-11-19(12-16-22)25(32)17-30-24-8-6-5-7-23(24)29-26(30)20-9-13-21(14-10-20)27(2,3)4/h5-16H,17H2,1-4H3,(H,28,31). The minimum Gasteiger partial charge on any atom is -0.326 e. The van der Waals surface area contributed by atoms with Crippen LogP contribution in [0.15, 0.2) is 72.8 Å². The van der Waals surface area contributed by atoms with Crippen LogP contribution < -0.4 is 5.32 Å². The summed E-state index contributed by atoms with van der Waals surface area (Å²) in [7, 11) is 0. The predicted molar refractivity (Wildman–Crippen MR) is 129 cm³/mol. The molecule has 1 amide bonds. The maximum Gasteiger partial charge on any atom is 0.221 e. The van der Waals surface area contributed by atoms with Crippen LogP contribution in [0.25, 0.3) is 22.4 Å². The van der Waals surface area contributed by atoms with E-state index in [0.29, 0.717) is 11.3 Å². The lowest BCUT2D eigenvalue weighted by atomic mass is 9.87. The smallest absolute Gasteiger partial charge is 0.221 e. The van der Waals surface area contributed by atoms with Gasteiger partial charge in [0, 0.05) is 23.7 Å². The van der Waals surface area contributed by atoms with Crippen LogP contribution in [0.3, 0.4) is 0 Å². The van der Waals surface area contributed by atoms with Crippen molar-refractivity contribution in [3.05, 3.63) is 83.9 Å². The van der Waals surface area contributed by atoms with E-state index in [4.69, 9.17) is 4.98 Å². The topological polar surface area (TPSA) is 64.0 Å². The van der Waals surface area contributed by atoms with Crippen molar-refractivity contribution in [1.82, 2.24) is 9.55 Å². The Bertz CT molecular complexity index is 1280. The molecule has 32 heavy (non-hydrogen) atoms. The van der Waals surface area contributed by atoms with Crippen molar-refractivity contribution in [2.45, 2.75) is 39.7 Å². The summed E-state index contributed by atoms with van der Waals surface area (Å²) in [5, 5.41) is 2.72. The number of nitrogens with one attached hydrogen (secondary N) is 1. The van der Waals surface area contributed by atoms with Crippen molar-refractivity contribution in [3.8, 4) is 11.4 Å². The van der Waals surface area contributed by atoms with Gasteiger partial charge < -0.3 is 9.88 Å². The quantitative estimate of drug-likeness (QED) is 0.408. The van der Waals surface area contributed by atoms with E-state index in [2.05, 4.69) is 50.4 Å². The molecule has 1 aromatic heterocycles. The van der Waals surface area contributed by atoms with Crippen molar-refractivity contribution >= 4 is 28.4 Å². The van der Waals surface area contributed by atoms with E-state index in [9.17, 15) is 9.59 Å². The van der Waals surface area contributed by atoms with Crippen molar-refractivity contribution in [2.24, 2.45) is 0 Å². The van der Waals surface area contributed by atoms with Crippen molar-refractivity contribution in [2.75, 3.05) is 5.32 Å². The first-order valence-electron chi connectivity index (χ1n) is 10.7. The highest BCUT2D eigenvalue weighted by Gasteiger charge is 2.18. The average molecular weight is 426 g/mol. The highest BCUT2D eigenvalue weighted by molar-refractivity contribution is 5.98. The first-order valence-corrected chi connectivity index (χ1v) is 10.7. The van der Waals surface area contributed by atoms with Crippen LogP contribution >= 0.6 is 0 Å². The molecule has 4 aromatic rings. The Labute approximate surface area is 188 Å². The van der Waals surface area contributed by atoms with Gasteiger partial charge in [-0.3, -0.25) is 9.59 Å². The van der Waals surface area contributed by atoms with Crippen LogP contribution in [0.1, 0.15) is 43.6 Å². The number of imidazole rings is 1. The van der Waals surface area contributed by atoms with Crippen LogP contribution in [0.2, 0.25) is 0 Å². The molecule has 5 nitrogen and oxygen atoms in total. The molecule has 3 aromatic carbocycles. The van der Waals surface area contributed by atoms with Crippen LogP contribution in [0, 0.1) is 0 Å². The number of carbonyl (C=O) groups excluding carboxylic acids is 2. The SMILES string of the molecule is CC(=O)Nc1ccc(C(=O)Cn2c(-c3ccc(C(C)(C)C)cc3)nc3ccccc32)cc1. The Morgan fingerprint density at radius 1 is 0.906 bits per heavy atom. The number of anilines is 1. The van der Waals surface area contributed by atoms with E-state index in [1.54, 1.807) is 24.3 Å². The van der Waals surface area contributed by atoms with Gasteiger partial charge in [-0.15, -0.1) is 0 Å². The Morgan fingerprint density at radius 2 is 1.56 bits per heavy atom. The fourth-order valence-corrected chi connectivity index (χ4v) is 3.75. The molecule has 0 saturated carbocycles. The van der Waals surface area contributed by atoms with Crippen LogP contribution in [0.5, 0.6) is 0 Å². The number of ketones is 1. The third-order valence-electron chi connectivity index (χ3n) is 5.49. The van der Waals surface area contributed by atoms with Gasteiger partial charge in [-0.2, -0.15) is 0 Å². The summed E-state index contributed by atoms with van der Waals surface area (Å²) in [6.45, 7) is 8.20. The molecule has 4 rings (SSSR count). The van der Waals surface area contributed by atoms with Gasteiger partial charge in [-0.25, -0.2) is 4.98 Å². The molecule has 0 fully saturated rings. The summed E-state index contributed by atoms with van der Waals surface area (Å²) in [4.78, 5) is 29.2. The van der Waals surface area contributed by atoms with Gasteiger partial charge in [0.05, 0.1) is 17.6 Å². The van der Waals surface area contributed by atoms with Crippen molar-refractivity contribution in [1.29, 1.82) is 0 Å². The molecule has 0 radical (unpaired) electrons. The lowest BCUT2D eigenvalue weighted by Gasteiger charge is -2.19. The highest BCUT2D eigenvalue weighted by atomic mass is 16.1. The molecular formula is C27H27N3O2. The predicted octanol–water partition coefficient (Wildman–Crippen LogP) is 5.84. The number of carbonyl (C=O) groups is 2. The van der Waals surface area contributed by atoms with Gasteiger partial charge in [0.15, 0.2) is 5.78 Å². The van der Waals surface area contributed by atoms with Crippen LogP contribution in [-0.2, 0) is 16.8 Å². The fourth-order valence-electron chi connectivity index (χ4n) is 3.75. The number of Topliss-reactive ketones (excluding diaryl/α,β-unsaturated/α-hetero) is 1. The molecule has 0 bridgehead atoms. The van der Waals surface area contributed by atoms with Gasteiger partial charge in [-0.05, 0) is 47.4 Å². The number of hydrogen-bond donors (Lipinski definition) is 1. The van der Waals surface area contributed by atoms with E-state index in [0.717, 1.165) is 22.4 Å². The van der Waals surface area contributed by atoms with E-state index < -0.39 is 0 Å². The minimum atomic E-state index is -0.143. The molecule has 0 aliphatic rings. The number of fused-ring (bicyclic) bond motifs is 1. The molecule has 0 aliphatic carbocycles. The van der Waals surface area contributed by atoms with Gasteiger partial charge in [0.1, 0.15) is 5.82 Å². The van der Waals surface area contributed by atoms with Crippen molar-refractivity contribution in [3.63, 3.8) is 0 Å². The van der Waals surface area contributed by atoms with E-state index in [-0.39, 0.29) is 23.7 Å². The number of para-hydroxylation sites is 2. The maximum atomic E-state index is 13.1. The zero-order valence-corrected chi connectivity index (χ0v) is 18.8.